The maximum atomic E-state index is 12.3. The van der Waals surface area contributed by atoms with Gasteiger partial charge >= 0.3 is 6.03 Å². The van der Waals surface area contributed by atoms with Gasteiger partial charge in [0.05, 0.1) is 13.2 Å². The normalized spacial score (nSPS) is 26.9. The first kappa shape index (κ1) is 15.8. The van der Waals surface area contributed by atoms with E-state index in [9.17, 15) is 4.79 Å². The molecule has 1 aromatic rings. The molecule has 0 aliphatic carbocycles. The average molecular weight is 323 g/mol. The van der Waals surface area contributed by atoms with Crippen LogP contribution >= 0.6 is 11.3 Å². The molecule has 0 radical (unpaired) electrons. The highest BCUT2D eigenvalue weighted by Crippen LogP contribution is 2.36. The molecule has 122 valence electrons. The Morgan fingerprint density at radius 3 is 2.95 bits per heavy atom. The van der Waals surface area contributed by atoms with Crippen molar-refractivity contribution in [2.75, 3.05) is 46.4 Å². The van der Waals surface area contributed by atoms with Crippen LogP contribution in [-0.2, 0) is 4.74 Å². The van der Waals surface area contributed by atoms with E-state index in [2.05, 4.69) is 34.8 Å². The number of hydrogen-bond donors (Lipinski definition) is 1. The number of thiophene rings is 1. The zero-order valence-corrected chi connectivity index (χ0v) is 14.0. The van der Waals surface area contributed by atoms with Crippen molar-refractivity contribution in [3.05, 3.63) is 22.4 Å². The number of nitrogens with one attached hydrogen (secondary N) is 1. The molecule has 1 N–H and O–H groups in total. The quantitative estimate of drug-likeness (QED) is 0.927. The van der Waals surface area contributed by atoms with E-state index in [0.717, 1.165) is 13.1 Å². The number of likely N-dealkylation sites (tertiary alicyclic amines) is 1. The third-order valence-corrected chi connectivity index (χ3v) is 5.60. The highest BCUT2D eigenvalue weighted by Gasteiger charge is 2.31. The van der Waals surface area contributed by atoms with E-state index >= 15 is 0 Å². The van der Waals surface area contributed by atoms with Crippen molar-refractivity contribution >= 4 is 17.4 Å². The van der Waals surface area contributed by atoms with Gasteiger partial charge in [0.15, 0.2) is 0 Å². The van der Waals surface area contributed by atoms with Gasteiger partial charge in [-0.15, -0.1) is 11.3 Å². The van der Waals surface area contributed by atoms with Gasteiger partial charge < -0.3 is 15.0 Å². The number of hydrogen-bond acceptors (Lipinski definition) is 4. The van der Waals surface area contributed by atoms with Crippen LogP contribution in [0.1, 0.15) is 23.8 Å². The van der Waals surface area contributed by atoms with Gasteiger partial charge in [-0.3, -0.25) is 4.90 Å². The highest BCUT2D eigenvalue weighted by atomic mass is 32.1. The van der Waals surface area contributed by atoms with Gasteiger partial charge in [0.2, 0.25) is 0 Å². The summed E-state index contributed by atoms with van der Waals surface area (Å²) < 4.78 is 5.30. The maximum Gasteiger partial charge on any atom is 0.317 e. The molecule has 3 rings (SSSR count). The standard InChI is InChI=1S/C16H25N3O2S/c1-18-6-2-4-13(15(18)14-5-3-11-22-14)12-17-16(20)19-7-9-21-10-8-19/h3,5,11,13,15H,2,4,6-10,12H2,1H3,(H,17,20)/t13-,15-/m1/s1. The lowest BCUT2D eigenvalue weighted by Crippen LogP contribution is -2.49. The molecule has 2 atom stereocenters. The second-order valence-electron chi connectivity index (χ2n) is 6.13. The molecule has 0 aromatic carbocycles. The largest absolute Gasteiger partial charge is 0.378 e. The number of piperidine rings is 1. The van der Waals surface area contributed by atoms with E-state index in [1.165, 1.54) is 17.7 Å². The van der Waals surface area contributed by atoms with E-state index in [1.807, 2.05) is 16.2 Å². The Kier molecular flexibility index (Phi) is 5.33. The summed E-state index contributed by atoms with van der Waals surface area (Å²) in [6, 6.07) is 4.82. The van der Waals surface area contributed by atoms with Crippen molar-refractivity contribution in [1.29, 1.82) is 0 Å². The number of ether oxygens (including phenoxy) is 1. The van der Waals surface area contributed by atoms with Crippen LogP contribution in [0.5, 0.6) is 0 Å². The Morgan fingerprint density at radius 1 is 1.41 bits per heavy atom. The van der Waals surface area contributed by atoms with Crippen LogP contribution in [0.3, 0.4) is 0 Å². The minimum atomic E-state index is 0.0569. The Bertz CT molecular complexity index is 474. The van der Waals surface area contributed by atoms with E-state index in [0.29, 0.717) is 38.3 Å². The number of carbonyl (C=O) groups excluding carboxylic acids is 1. The predicted molar refractivity (Wildman–Crippen MR) is 88.2 cm³/mol. The highest BCUT2D eigenvalue weighted by molar-refractivity contribution is 7.10. The van der Waals surface area contributed by atoms with Gasteiger partial charge in [0, 0.05) is 30.6 Å². The minimum Gasteiger partial charge on any atom is -0.378 e. The number of carbonyl (C=O) groups is 1. The van der Waals surface area contributed by atoms with Crippen molar-refractivity contribution in [1.82, 2.24) is 15.1 Å². The third kappa shape index (κ3) is 3.62. The van der Waals surface area contributed by atoms with Crippen LogP contribution in [-0.4, -0.2) is 62.3 Å². The molecule has 2 saturated heterocycles. The summed E-state index contributed by atoms with van der Waals surface area (Å²) in [5, 5.41) is 5.28. The molecule has 0 spiro atoms. The van der Waals surface area contributed by atoms with Crippen LogP contribution in [0.4, 0.5) is 4.79 Å². The van der Waals surface area contributed by atoms with E-state index in [4.69, 9.17) is 4.74 Å². The monoisotopic (exact) mass is 323 g/mol. The number of urea groups is 1. The lowest BCUT2D eigenvalue weighted by molar-refractivity contribution is 0.0519. The predicted octanol–water partition coefficient (Wildman–Crippen LogP) is 2.17. The van der Waals surface area contributed by atoms with Crippen LogP contribution in [0.25, 0.3) is 0 Å². The molecule has 2 aliphatic rings. The summed E-state index contributed by atoms with van der Waals surface area (Å²) in [4.78, 5) is 18.0. The number of nitrogens with zero attached hydrogens (tertiary/aromatic N) is 2. The van der Waals surface area contributed by atoms with Crippen LogP contribution in [0, 0.1) is 5.92 Å². The van der Waals surface area contributed by atoms with Crippen LogP contribution in [0.2, 0.25) is 0 Å². The Morgan fingerprint density at radius 2 is 2.23 bits per heavy atom. The molecular weight excluding hydrogens is 298 g/mol. The fraction of sp³-hybridized carbons (Fsp3) is 0.688. The van der Waals surface area contributed by atoms with E-state index < -0.39 is 0 Å². The molecule has 22 heavy (non-hydrogen) atoms. The molecular formula is C16H25N3O2S. The Labute approximate surface area is 136 Å². The molecule has 1 aromatic heterocycles. The molecule has 6 heteroatoms. The van der Waals surface area contributed by atoms with Crippen LogP contribution in [0.15, 0.2) is 17.5 Å². The number of amides is 2. The molecule has 5 nitrogen and oxygen atoms in total. The van der Waals surface area contributed by atoms with Gasteiger partial charge in [0.1, 0.15) is 0 Å². The second-order valence-corrected chi connectivity index (χ2v) is 7.11. The first-order valence-electron chi connectivity index (χ1n) is 8.10. The first-order valence-corrected chi connectivity index (χ1v) is 8.98. The van der Waals surface area contributed by atoms with Gasteiger partial charge in [-0.25, -0.2) is 4.79 Å². The van der Waals surface area contributed by atoms with Crippen molar-refractivity contribution in [3.8, 4) is 0 Å². The zero-order valence-electron chi connectivity index (χ0n) is 13.2. The maximum absolute atomic E-state index is 12.3. The first-order chi connectivity index (χ1) is 10.8. The van der Waals surface area contributed by atoms with Crippen LogP contribution < -0.4 is 5.32 Å². The van der Waals surface area contributed by atoms with E-state index in [-0.39, 0.29) is 6.03 Å². The topological polar surface area (TPSA) is 44.8 Å². The van der Waals surface area contributed by atoms with Gasteiger partial charge in [0.25, 0.3) is 0 Å². The summed E-state index contributed by atoms with van der Waals surface area (Å²) in [6.45, 7) is 4.59. The smallest absolute Gasteiger partial charge is 0.317 e. The summed E-state index contributed by atoms with van der Waals surface area (Å²) in [6.07, 6.45) is 2.38. The SMILES string of the molecule is CN1CCC[C@H](CNC(=O)N2CCOCC2)[C@@H]1c1cccs1. The zero-order chi connectivity index (χ0) is 15.4. The number of morpholine rings is 1. The summed E-state index contributed by atoms with van der Waals surface area (Å²) >= 11 is 1.82. The van der Waals surface area contributed by atoms with Gasteiger partial charge in [-0.05, 0) is 43.8 Å². The Hall–Kier alpha value is -1.11. The average Bonchev–Trinajstić information content (AvgIpc) is 3.07. The van der Waals surface area contributed by atoms with Gasteiger partial charge in [-0.1, -0.05) is 6.07 Å². The molecule has 2 aliphatic heterocycles. The summed E-state index contributed by atoms with van der Waals surface area (Å²) in [7, 11) is 2.19. The molecule has 0 saturated carbocycles. The number of rotatable bonds is 3. The summed E-state index contributed by atoms with van der Waals surface area (Å²) in [5.74, 6) is 0.488. The molecule has 2 fully saturated rings. The summed E-state index contributed by atoms with van der Waals surface area (Å²) in [5.41, 5.74) is 0. The van der Waals surface area contributed by atoms with Crippen molar-refractivity contribution < 1.29 is 9.53 Å². The van der Waals surface area contributed by atoms with Crippen molar-refractivity contribution in [2.24, 2.45) is 5.92 Å². The van der Waals surface area contributed by atoms with Crippen molar-refractivity contribution in [2.45, 2.75) is 18.9 Å². The van der Waals surface area contributed by atoms with Gasteiger partial charge in [-0.2, -0.15) is 0 Å². The van der Waals surface area contributed by atoms with E-state index in [1.54, 1.807) is 0 Å². The Balaban J connectivity index is 1.58. The molecule has 3 heterocycles. The van der Waals surface area contributed by atoms with Crippen molar-refractivity contribution in [3.63, 3.8) is 0 Å². The lowest BCUT2D eigenvalue weighted by Gasteiger charge is -2.39. The molecule has 2 amide bonds. The third-order valence-electron chi connectivity index (χ3n) is 4.66. The fourth-order valence-electron chi connectivity index (χ4n) is 3.48. The lowest BCUT2D eigenvalue weighted by atomic mass is 9.88. The second kappa shape index (κ2) is 7.44. The molecule has 0 bridgehead atoms. The minimum absolute atomic E-state index is 0.0569. The fourth-order valence-corrected chi connectivity index (χ4v) is 4.46. The molecule has 0 unspecified atom stereocenters.